The van der Waals surface area contributed by atoms with Gasteiger partial charge in [-0.25, -0.2) is 0 Å². The van der Waals surface area contributed by atoms with Gasteiger partial charge in [-0.05, 0) is 47.7 Å². The maximum atomic E-state index is 12.5. The van der Waals surface area contributed by atoms with Crippen LogP contribution in [0.2, 0.25) is 5.02 Å². The largest absolute Gasteiger partial charge is 0.492 e. The maximum absolute atomic E-state index is 12.5. The average molecular weight is 414 g/mol. The standard InChI is InChI=1S/C21H16ClNO4S/c1-2-11-27-18-9-8-15(13-17(18)22)14-19-20(24)23(21(25)28-19)10-12-26-16-6-4-3-5-7-16/h1,3-9,13-14H,10-12H2/b19-14-. The number of carbonyl (C=O) groups excluding carboxylic acids is 2. The van der Waals surface area contributed by atoms with E-state index in [2.05, 4.69) is 5.92 Å². The molecule has 1 saturated heterocycles. The molecular weight excluding hydrogens is 398 g/mol. The van der Waals surface area contributed by atoms with E-state index < -0.39 is 0 Å². The van der Waals surface area contributed by atoms with Crippen molar-refractivity contribution < 1.29 is 19.1 Å². The Morgan fingerprint density at radius 2 is 1.93 bits per heavy atom. The van der Waals surface area contributed by atoms with E-state index in [0.717, 1.165) is 11.8 Å². The highest BCUT2D eigenvalue weighted by Crippen LogP contribution is 2.33. The first-order valence-corrected chi connectivity index (χ1v) is 9.57. The molecule has 2 amide bonds. The minimum atomic E-state index is -0.351. The van der Waals surface area contributed by atoms with Gasteiger partial charge < -0.3 is 9.47 Å². The summed E-state index contributed by atoms with van der Waals surface area (Å²) in [5.41, 5.74) is 0.684. The molecule has 0 aromatic heterocycles. The van der Waals surface area contributed by atoms with E-state index in [1.807, 2.05) is 30.3 Å². The van der Waals surface area contributed by atoms with Gasteiger partial charge in [-0.1, -0.05) is 41.8 Å². The third kappa shape index (κ3) is 4.89. The number of terminal acetylenes is 1. The molecule has 0 bridgehead atoms. The lowest BCUT2D eigenvalue weighted by molar-refractivity contribution is -0.123. The van der Waals surface area contributed by atoms with Crippen molar-refractivity contribution >= 4 is 40.6 Å². The summed E-state index contributed by atoms with van der Waals surface area (Å²) in [7, 11) is 0. The third-order valence-electron chi connectivity index (χ3n) is 3.77. The summed E-state index contributed by atoms with van der Waals surface area (Å²) >= 11 is 7.05. The smallest absolute Gasteiger partial charge is 0.293 e. The van der Waals surface area contributed by atoms with Crippen LogP contribution in [0, 0.1) is 12.3 Å². The number of carbonyl (C=O) groups is 2. The number of imide groups is 1. The number of hydrogen-bond acceptors (Lipinski definition) is 5. The van der Waals surface area contributed by atoms with Crippen LogP contribution in [-0.4, -0.2) is 35.8 Å². The van der Waals surface area contributed by atoms with Crippen molar-refractivity contribution in [2.45, 2.75) is 0 Å². The normalized spacial score (nSPS) is 15.0. The summed E-state index contributed by atoms with van der Waals surface area (Å²) in [5, 5.41) is 0.0486. The molecule has 0 radical (unpaired) electrons. The zero-order valence-corrected chi connectivity index (χ0v) is 16.3. The van der Waals surface area contributed by atoms with E-state index in [9.17, 15) is 9.59 Å². The van der Waals surface area contributed by atoms with Gasteiger partial charge in [-0.2, -0.15) is 0 Å². The van der Waals surface area contributed by atoms with E-state index in [4.69, 9.17) is 27.5 Å². The van der Waals surface area contributed by atoms with E-state index in [-0.39, 0.29) is 30.9 Å². The number of amides is 2. The molecule has 1 heterocycles. The highest BCUT2D eigenvalue weighted by molar-refractivity contribution is 8.18. The van der Waals surface area contributed by atoms with Crippen LogP contribution >= 0.6 is 23.4 Å². The Kier molecular flexibility index (Phi) is 6.64. The third-order valence-corrected chi connectivity index (χ3v) is 4.97. The molecule has 1 aliphatic rings. The molecule has 1 aliphatic heterocycles. The van der Waals surface area contributed by atoms with Crippen molar-refractivity contribution in [1.82, 2.24) is 4.90 Å². The summed E-state index contributed by atoms with van der Waals surface area (Å²) in [4.78, 5) is 26.2. The van der Waals surface area contributed by atoms with Crippen LogP contribution in [0.25, 0.3) is 6.08 Å². The second kappa shape index (κ2) is 9.36. The van der Waals surface area contributed by atoms with Crippen LogP contribution in [-0.2, 0) is 4.79 Å². The minimum Gasteiger partial charge on any atom is -0.492 e. The predicted octanol–water partition coefficient (Wildman–Crippen LogP) is 4.47. The molecule has 1 fully saturated rings. The molecule has 28 heavy (non-hydrogen) atoms. The molecule has 5 nitrogen and oxygen atoms in total. The SMILES string of the molecule is C#CCOc1ccc(/C=C2\SC(=O)N(CCOc3ccccc3)C2=O)cc1Cl. The molecule has 3 rings (SSSR count). The maximum Gasteiger partial charge on any atom is 0.293 e. The van der Waals surface area contributed by atoms with E-state index in [0.29, 0.717) is 27.0 Å². The molecule has 0 aliphatic carbocycles. The average Bonchev–Trinajstić information content (AvgIpc) is 2.95. The van der Waals surface area contributed by atoms with Crippen molar-refractivity contribution in [2.24, 2.45) is 0 Å². The van der Waals surface area contributed by atoms with Gasteiger partial charge in [-0.3, -0.25) is 14.5 Å². The first-order chi connectivity index (χ1) is 13.6. The van der Waals surface area contributed by atoms with Crippen molar-refractivity contribution in [1.29, 1.82) is 0 Å². The number of rotatable bonds is 7. The molecule has 142 valence electrons. The molecule has 0 N–H and O–H groups in total. The number of halogens is 1. The summed E-state index contributed by atoms with van der Waals surface area (Å²) in [6.07, 6.45) is 6.79. The number of nitrogens with zero attached hydrogens (tertiary/aromatic N) is 1. The van der Waals surface area contributed by atoms with Crippen molar-refractivity contribution in [3.63, 3.8) is 0 Å². The van der Waals surface area contributed by atoms with Gasteiger partial charge in [0, 0.05) is 0 Å². The zero-order valence-electron chi connectivity index (χ0n) is 14.8. The summed E-state index contributed by atoms with van der Waals surface area (Å²) in [5.74, 6) is 3.16. The van der Waals surface area contributed by atoms with E-state index in [1.54, 1.807) is 24.3 Å². The van der Waals surface area contributed by atoms with Gasteiger partial charge in [0.2, 0.25) is 0 Å². The Balaban J connectivity index is 1.64. The zero-order chi connectivity index (χ0) is 19.9. The Morgan fingerprint density at radius 3 is 2.64 bits per heavy atom. The topological polar surface area (TPSA) is 55.8 Å². The molecule has 0 spiro atoms. The van der Waals surface area contributed by atoms with Crippen LogP contribution in [0.4, 0.5) is 4.79 Å². The van der Waals surface area contributed by atoms with Gasteiger partial charge in [0.05, 0.1) is 16.5 Å². The highest BCUT2D eigenvalue weighted by atomic mass is 35.5. The Labute approximate surface area is 172 Å². The summed E-state index contributed by atoms with van der Waals surface area (Å²) < 4.78 is 10.9. The lowest BCUT2D eigenvalue weighted by Crippen LogP contribution is -2.32. The van der Waals surface area contributed by atoms with Crippen LogP contribution in [0.5, 0.6) is 11.5 Å². The Morgan fingerprint density at radius 1 is 1.14 bits per heavy atom. The lowest BCUT2D eigenvalue weighted by atomic mass is 10.2. The van der Waals surface area contributed by atoms with Gasteiger partial charge in [0.25, 0.3) is 11.1 Å². The van der Waals surface area contributed by atoms with Crippen molar-refractivity contribution in [3.05, 3.63) is 64.0 Å². The molecule has 7 heteroatoms. The van der Waals surface area contributed by atoms with Crippen LogP contribution < -0.4 is 9.47 Å². The van der Waals surface area contributed by atoms with Crippen LogP contribution in [0.15, 0.2) is 53.4 Å². The molecule has 0 atom stereocenters. The second-order valence-corrected chi connectivity index (χ2v) is 7.08. The van der Waals surface area contributed by atoms with Crippen LogP contribution in [0.1, 0.15) is 5.56 Å². The Bertz CT molecular complexity index is 953. The first-order valence-electron chi connectivity index (χ1n) is 8.37. The number of ether oxygens (including phenoxy) is 2. The summed E-state index contributed by atoms with van der Waals surface area (Å²) in [6, 6.07) is 14.3. The number of thioether (sulfide) groups is 1. The monoisotopic (exact) mass is 413 g/mol. The lowest BCUT2D eigenvalue weighted by Gasteiger charge is -2.13. The number of para-hydroxylation sites is 1. The molecular formula is C21H16ClNO4S. The Hall–Kier alpha value is -2.88. The van der Waals surface area contributed by atoms with E-state index in [1.165, 1.54) is 4.90 Å². The molecule has 2 aromatic rings. The van der Waals surface area contributed by atoms with Crippen molar-refractivity contribution in [2.75, 3.05) is 19.8 Å². The van der Waals surface area contributed by atoms with Crippen LogP contribution in [0.3, 0.4) is 0 Å². The molecule has 2 aromatic carbocycles. The number of benzene rings is 2. The molecule has 0 saturated carbocycles. The highest BCUT2D eigenvalue weighted by Gasteiger charge is 2.34. The van der Waals surface area contributed by atoms with Gasteiger partial charge >= 0.3 is 0 Å². The fourth-order valence-corrected chi connectivity index (χ4v) is 3.57. The van der Waals surface area contributed by atoms with Gasteiger partial charge in [0.15, 0.2) is 0 Å². The van der Waals surface area contributed by atoms with Gasteiger partial charge in [0.1, 0.15) is 24.7 Å². The number of hydrogen-bond donors (Lipinski definition) is 0. The fraction of sp³-hybridized carbons (Fsp3) is 0.143. The van der Waals surface area contributed by atoms with Crippen molar-refractivity contribution in [3.8, 4) is 23.8 Å². The quantitative estimate of drug-likeness (QED) is 0.495. The predicted molar refractivity (Wildman–Crippen MR) is 110 cm³/mol. The second-order valence-electron chi connectivity index (χ2n) is 5.68. The fourth-order valence-electron chi connectivity index (χ4n) is 2.46. The van der Waals surface area contributed by atoms with E-state index >= 15 is 0 Å². The minimum absolute atomic E-state index is 0.114. The molecule has 0 unspecified atom stereocenters. The first kappa shape index (κ1) is 19.9. The van der Waals surface area contributed by atoms with Gasteiger partial charge in [-0.15, -0.1) is 6.42 Å². The summed E-state index contributed by atoms with van der Waals surface area (Å²) in [6.45, 7) is 0.516.